The third-order valence-electron chi connectivity index (χ3n) is 3.80. The molecule has 25 heavy (non-hydrogen) atoms. The van der Waals surface area contributed by atoms with Crippen molar-refractivity contribution in [2.75, 3.05) is 30.4 Å². The van der Waals surface area contributed by atoms with E-state index in [0.29, 0.717) is 19.0 Å². The summed E-state index contributed by atoms with van der Waals surface area (Å²) in [5, 5.41) is 5.53. The number of amides is 2. The van der Waals surface area contributed by atoms with Crippen LogP contribution in [0.2, 0.25) is 0 Å². The zero-order valence-electron chi connectivity index (χ0n) is 13.7. The minimum absolute atomic E-state index is 0.166. The van der Waals surface area contributed by atoms with Gasteiger partial charge in [0.1, 0.15) is 0 Å². The highest BCUT2D eigenvalue weighted by Crippen LogP contribution is 2.47. The van der Waals surface area contributed by atoms with Crippen molar-refractivity contribution < 1.29 is 4.79 Å². The van der Waals surface area contributed by atoms with E-state index in [1.54, 1.807) is 11.8 Å². The fraction of sp³-hybridized carbons (Fsp3) is 0.353. The Kier molecular flexibility index (Phi) is 6.36. The number of halogens is 1. The van der Waals surface area contributed by atoms with Crippen LogP contribution in [-0.4, -0.2) is 41.5 Å². The normalized spacial score (nSPS) is 12.3. The van der Waals surface area contributed by atoms with E-state index < -0.39 is 0 Å². The third-order valence-corrected chi connectivity index (χ3v) is 5.09. The van der Waals surface area contributed by atoms with Crippen molar-refractivity contribution in [2.45, 2.75) is 22.6 Å². The van der Waals surface area contributed by atoms with Crippen LogP contribution in [0.25, 0.3) is 0 Å². The molecule has 0 aromatic carbocycles. The molecule has 2 amide bonds. The highest BCUT2D eigenvalue weighted by molar-refractivity contribution is 7.99. The van der Waals surface area contributed by atoms with Gasteiger partial charge in [-0.2, -0.15) is 0 Å². The molecule has 1 aliphatic rings. The SMILES string of the molecule is O=C(NCCCl)NCCCCN1c2ccncc2Sc2ccncc21. The fourth-order valence-electron chi connectivity index (χ4n) is 2.65. The van der Waals surface area contributed by atoms with Crippen molar-refractivity contribution in [1.29, 1.82) is 0 Å². The summed E-state index contributed by atoms with van der Waals surface area (Å²) in [5.41, 5.74) is 2.28. The monoisotopic (exact) mass is 377 g/mol. The number of urea groups is 1. The van der Waals surface area contributed by atoms with E-state index in [2.05, 4.69) is 25.5 Å². The molecule has 8 heteroatoms. The Morgan fingerprint density at radius 2 is 1.84 bits per heavy atom. The van der Waals surface area contributed by atoms with Crippen LogP contribution in [0.5, 0.6) is 0 Å². The van der Waals surface area contributed by atoms with Crippen molar-refractivity contribution in [1.82, 2.24) is 20.6 Å². The Labute approximate surface area is 156 Å². The van der Waals surface area contributed by atoms with Gasteiger partial charge in [-0.3, -0.25) is 9.97 Å². The van der Waals surface area contributed by atoms with Gasteiger partial charge in [-0.1, -0.05) is 11.8 Å². The van der Waals surface area contributed by atoms with Crippen LogP contribution in [-0.2, 0) is 0 Å². The lowest BCUT2D eigenvalue weighted by Gasteiger charge is -2.32. The standard InChI is InChI=1S/C17H20ClN5OS/c18-5-9-22-17(24)21-6-1-2-10-23-13-3-7-20-12-16(13)25-15-4-8-19-11-14(15)23/h3-4,7-8,11-12H,1-2,5-6,9-10H2,(H2,21,22,24). The average Bonchev–Trinajstić information content (AvgIpc) is 2.65. The lowest BCUT2D eigenvalue weighted by atomic mass is 10.2. The molecule has 2 aromatic heterocycles. The van der Waals surface area contributed by atoms with E-state index in [1.165, 1.54) is 4.90 Å². The molecule has 6 nitrogen and oxygen atoms in total. The molecule has 0 saturated carbocycles. The highest BCUT2D eigenvalue weighted by atomic mass is 35.5. The van der Waals surface area contributed by atoms with Crippen molar-refractivity contribution in [3.63, 3.8) is 0 Å². The first kappa shape index (κ1) is 17.8. The summed E-state index contributed by atoms with van der Waals surface area (Å²) in [5.74, 6) is 0.419. The molecule has 0 fully saturated rings. The number of nitrogens with one attached hydrogen (secondary N) is 2. The number of rotatable bonds is 7. The zero-order valence-corrected chi connectivity index (χ0v) is 15.3. The number of carbonyl (C=O) groups excluding carboxylic acids is 1. The minimum atomic E-state index is -0.166. The number of carbonyl (C=O) groups is 1. The number of unbranched alkanes of at least 4 members (excludes halogenated alkanes) is 1. The number of nitrogens with zero attached hydrogens (tertiary/aromatic N) is 3. The molecule has 2 aromatic rings. The lowest BCUT2D eigenvalue weighted by Crippen LogP contribution is -2.37. The van der Waals surface area contributed by atoms with Crippen LogP contribution >= 0.6 is 23.4 Å². The number of hydrogen-bond acceptors (Lipinski definition) is 5. The molecule has 0 saturated heterocycles. The average molecular weight is 378 g/mol. The quantitative estimate of drug-likeness (QED) is 0.571. The van der Waals surface area contributed by atoms with Crippen LogP contribution < -0.4 is 15.5 Å². The predicted molar refractivity (Wildman–Crippen MR) is 101 cm³/mol. The predicted octanol–water partition coefficient (Wildman–Crippen LogP) is 3.40. The maximum atomic E-state index is 11.5. The van der Waals surface area contributed by atoms with Gasteiger partial charge >= 0.3 is 6.03 Å². The number of aromatic nitrogens is 2. The first-order valence-electron chi connectivity index (χ1n) is 8.20. The zero-order chi connectivity index (χ0) is 17.5. The largest absolute Gasteiger partial charge is 0.338 e. The van der Waals surface area contributed by atoms with Crippen LogP contribution in [0.1, 0.15) is 12.8 Å². The van der Waals surface area contributed by atoms with Crippen molar-refractivity contribution in [3.05, 3.63) is 36.9 Å². The van der Waals surface area contributed by atoms with Gasteiger partial charge in [0.2, 0.25) is 0 Å². The van der Waals surface area contributed by atoms with Gasteiger partial charge in [-0.15, -0.1) is 11.6 Å². The molecule has 3 heterocycles. The Morgan fingerprint density at radius 3 is 2.72 bits per heavy atom. The topological polar surface area (TPSA) is 70.2 Å². The summed E-state index contributed by atoms with van der Waals surface area (Å²) in [4.78, 5) is 24.6. The first-order valence-corrected chi connectivity index (χ1v) is 9.56. The number of fused-ring (bicyclic) bond motifs is 2. The molecular weight excluding hydrogens is 358 g/mol. The molecular formula is C17H20ClN5OS. The van der Waals surface area contributed by atoms with E-state index in [-0.39, 0.29) is 6.03 Å². The molecule has 0 spiro atoms. The molecule has 3 rings (SSSR count). The summed E-state index contributed by atoms with van der Waals surface area (Å²) in [6.45, 7) is 1.98. The molecule has 2 N–H and O–H groups in total. The van der Waals surface area contributed by atoms with Gasteiger partial charge in [0.05, 0.1) is 22.5 Å². The van der Waals surface area contributed by atoms with Gasteiger partial charge in [0, 0.05) is 49.0 Å². The fourth-order valence-corrected chi connectivity index (χ4v) is 3.77. The van der Waals surface area contributed by atoms with Crippen LogP contribution in [0, 0.1) is 0 Å². The number of anilines is 2. The van der Waals surface area contributed by atoms with E-state index >= 15 is 0 Å². The smallest absolute Gasteiger partial charge is 0.314 e. The maximum absolute atomic E-state index is 11.5. The molecule has 0 aliphatic carbocycles. The summed E-state index contributed by atoms with van der Waals surface area (Å²) in [6.07, 6.45) is 9.29. The van der Waals surface area contributed by atoms with E-state index in [4.69, 9.17) is 11.6 Å². The van der Waals surface area contributed by atoms with Gasteiger partial charge in [-0.05, 0) is 25.0 Å². The number of hydrogen-bond donors (Lipinski definition) is 2. The van der Waals surface area contributed by atoms with Crippen LogP contribution in [0.3, 0.4) is 0 Å². The second kappa shape index (κ2) is 8.92. The Morgan fingerprint density at radius 1 is 1.04 bits per heavy atom. The van der Waals surface area contributed by atoms with E-state index in [0.717, 1.165) is 35.7 Å². The first-order chi connectivity index (χ1) is 12.3. The van der Waals surface area contributed by atoms with Crippen molar-refractivity contribution >= 4 is 40.8 Å². The van der Waals surface area contributed by atoms with Crippen molar-refractivity contribution in [3.8, 4) is 0 Å². The van der Waals surface area contributed by atoms with Gasteiger partial charge in [0.15, 0.2) is 0 Å². The highest BCUT2D eigenvalue weighted by Gasteiger charge is 2.23. The van der Waals surface area contributed by atoms with Gasteiger partial charge in [0.25, 0.3) is 0 Å². The van der Waals surface area contributed by atoms with Gasteiger partial charge < -0.3 is 15.5 Å². The lowest BCUT2D eigenvalue weighted by molar-refractivity contribution is 0.241. The second-order valence-electron chi connectivity index (χ2n) is 5.52. The van der Waals surface area contributed by atoms with Crippen LogP contribution in [0.4, 0.5) is 16.2 Å². The molecule has 1 aliphatic heterocycles. The van der Waals surface area contributed by atoms with Gasteiger partial charge in [-0.25, -0.2) is 4.79 Å². The van der Waals surface area contributed by atoms with Crippen LogP contribution in [0.15, 0.2) is 46.7 Å². The number of pyridine rings is 2. The summed E-state index contributed by atoms with van der Waals surface area (Å²) in [6, 6.07) is 3.91. The number of alkyl halides is 1. The molecule has 0 bridgehead atoms. The molecule has 0 radical (unpaired) electrons. The Hall–Kier alpha value is -1.99. The van der Waals surface area contributed by atoms with E-state index in [1.807, 2.05) is 36.9 Å². The Balaban J connectivity index is 1.57. The minimum Gasteiger partial charge on any atom is -0.338 e. The summed E-state index contributed by atoms with van der Waals surface area (Å²) in [7, 11) is 0. The maximum Gasteiger partial charge on any atom is 0.314 e. The molecule has 0 atom stereocenters. The summed E-state index contributed by atoms with van der Waals surface area (Å²) >= 11 is 7.26. The molecule has 132 valence electrons. The third kappa shape index (κ3) is 4.55. The summed E-state index contributed by atoms with van der Waals surface area (Å²) < 4.78 is 0. The second-order valence-corrected chi connectivity index (χ2v) is 6.98. The van der Waals surface area contributed by atoms with E-state index in [9.17, 15) is 4.79 Å². The molecule has 0 unspecified atom stereocenters. The Bertz CT molecular complexity index is 684. The van der Waals surface area contributed by atoms with Crippen molar-refractivity contribution in [2.24, 2.45) is 0 Å².